The number of aryl methyl sites for hydroxylation is 1. The van der Waals surface area contributed by atoms with E-state index in [-0.39, 0.29) is 4.47 Å². The molecule has 0 amide bonds. The Morgan fingerprint density at radius 1 is 1.06 bits per heavy atom. The highest BCUT2D eigenvalue weighted by atomic mass is 79.9. The predicted octanol–water partition coefficient (Wildman–Crippen LogP) is 4.12. The minimum atomic E-state index is -0.990. The first kappa shape index (κ1) is 13.2. The molecular formula is C14H11BrF2O. The molecule has 0 saturated heterocycles. The third-order valence-electron chi connectivity index (χ3n) is 2.84. The summed E-state index contributed by atoms with van der Waals surface area (Å²) in [5.41, 5.74) is 1.87. The zero-order chi connectivity index (χ0) is 13.3. The molecule has 0 saturated carbocycles. The molecule has 0 aliphatic heterocycles. The Labute approximate surface area is 112 Å². The van der Waals surface area contributed by atoms with Gasteiger partial charge in [0.1, 0.15) is 6.10 Å². The highest BCUT2D eigenvalue weighted by molar-refractivity contribution is 9.10. The van der Waals surface area contributed by atoms with Crippen molar-refractivity contribution in [3.8, 4) is 0 Å². The summed E-state index contributed by atoms with van der Waals surface area (Å²) in [5.74, 6) is -1.93. The lowest BCUT2D eigenvalue weighted by Crippen LogP contribution is -2.04. The molecule has 4 heteroatoms. The van der Waals surface area contributed by atoms with Gasteiger partial charge in [-0.2, -0.15) is 0 Å². The molecule has 1 atom stereocenters. The highest BCUT2D eigenvalue weighted by Crippen LogP contribution is 2.32. The van der Waals surface area contributed by atoms with Gasteiger partial charge in [0.05, 0.1) is 4.47 Å². The maximum absolute atomic E-state index is 13.4. The standard InChI is InChI=1S/C14H11BrF2O/c1-8-4-2-3-5-9(8)14(18)10-6-7-11(16)13(17)12(10)15/h2-7,14,18H,1H3. The van der Waals surface area contributed by atoms with Crippen LogP contribution >= 0.6 is 15.9 Å². The molecule has 0 fully saturated rings. The molecule has 0 aliphatic carbocycles. The van der Waals surface area contributed by atoms with E-state index in [0.29, 0.717) is 11.1 Å². The normalized spacial score (nSPS) is 12.5. The molecule has 0 radical (unpaired) electrons. The zero-order valence-corrected chi connectivity index (χ0v) is 11.2. The topological polar surface area (TPSA) is 20.2 Å². The molecule has 0 aromatic heterocycles. The van der Waals surface area contributed by atoms with Gasteiger partial charge in [0, 0.05) is 5.56 Å². The van der Waals surface area contributed by atoms with Crippen LogP contribution in [0.5, 0.6) is 0 Å². The first-order chi connectivity index (χ1) is 8.52. The summed E-state index contributed by atoms with van der Waals surface area (Å²) >= 11 is 2.98. The first-order valence-electron chi connectivity index (χ1n) is 5.39. The fourth-order valence-electron chi connectivity index (χ4n) is 1.81. The zero-order valence-electron chi connectivity index (χ0n) is 9.62. The molecule has 1 N–H and O–H groups in total. The van der Waals surface area contributed by atoms with Crippen LogP contribution in [0.15, 0.2) is 40.9 Å². The van der Waals surface area contributed by atoms with Crippen LogP contribution in [-0.4, -0.2) is 5.11 Å². The second-order valence-corrected chi connectivity index (χ2v) is 4.82. The van der Waals surface area contributed by atoms with Gasteiger partial charge in [-0.3, -0.25) is 0 Å². The van der Waals surface area contributed by atoms with Crippen molar-refractivity contribution in [2.45, 2.75) is 13.0 Å². The van der Waals surface area contributed by atoms with E-state index in [0.717, 1.165) is 11.6 Å². The molecule has 18 heavy (non-hydrogen) atoms. The summed E-state index contributed by atoms with van der Waals surface area (Å²) in [4.78, 5) is 0. The first-order valence-corrected chi connectivity index (χ1v) is 6.18. The molecule has 2 aromatic rings. The van der Waals surface area contributed by atoms with Crippen LogP contribution in [0.3, 0.4) is 0 Å². The van der Waals surface area contributed by atoms with E-state index in [2.05, 4.69) is 15.9 Å². The SMILES string of the molecule is Cc1ccccc1C(O)c1ccc(F)c(F)c1Br. The van der Waals surface area contributed by atoms with Gasteiger partial charge in [0.25, 0.3) is 0 Å². The summed E-state index contributed by atoms with van der Waals surface area (Å²) in [6, 6.07) is 9.64. The summed E-state index contributed by atoms with van der Waals surface area (Å²) < 4.78 is 26.4. The number of halogens is 3. The molecule has 1 unspecified atom stereocenters. The quantitative estimate of drug-likeness (QED) is 0.827. The Hall–Kier alpha value is -1.26. The molecule has 94 valence electrons. The van der Waals surface area contributed by atoms with Gasteiger partial charge in [-0.05, 0) is 40.0 Å². The van der Waals surface area contributed by atoms with Crippen LogP contribution < -0.4 is 0 Å². The van der Waals surface area contributed by atoms with Crippen molar-refractivity contribution in [3.63, 3.8) is 0 Å². The number of rotatable bonds is 2. The predicted molar refractivity (Wildman–Crippen MR) is 69.3 cm³/mol. The monoisotopic (exact) mass is 312 g/mol. The maximum atomic E-state index is 13.4. The van der Waals surface area contributed by atoms with E-state index in [4.69, 9.17) is 0 Å². The van der Waals surface area contributed by atoms with Gasteiger partial charge in [-0.1, -0.05) is 30.3 Å². The number of hydrogen-bond donors (Lipinski definition) is 1. The molecule has 2 aromatic carbocycles. The molecule has 0 aliphatic rings. The molecular weight excluding hydrogens is 302 g/mol. The maximum Gasteiger partial charge on any atom is 0.173 e. The number of benzene rings is 2. The van der Waals surface area contributed by atoms with Crippen LogP contribution in [0.2, 0.25) is 0 Å². The summed E-state index contributed by atoms with van der Waals surface area (Å²) in [5, 5.41) is 10.2. The van der Waals surface area contributed by atoms with Crippen molar-refractivity contribution in [2.24, 2.45) is 0 Å². The lowest BCUT2D eigenvalue weighted by Gasteiger charge is -2.16. The largest absolute Gasteiger partial charge is 0.384 e. The molecule has 1 nitrogen and oxygen atoms in total. The highest BCUT2D eigenvalue weighted by Gasteiger charge is 2.19. The summed E-state index contributed by atoms with van der Waals surface area (Å²) in [6.07, 6.45) is -0.990. The van der Waals surface area contributed by atoms with Crippen LogP contribution in [0.1, 0.15) is 22.8 Å². The van der Waals surface area contributed by atoms with Crippen LogP contribution in [0, 0.1) is 18.6 Å². The lowest BCUT2D eigenvalue weighted by molar-refractivity contribution is 0.218. The lowest BCUT2D eigenvalue weighted by atomic mass is 9.97. The van der Waals surface area contributed by atoms with Crippen LogP contribution in [0.25, 0.3) is 0 Å². The Bertz CT molecular complexity index is 584. The van der Waals surface area contributed by atoms with Crippen LogP contribution in [0.4, 0.5) is 8.78 Å². The number of hydrogen-bond acceptors (Lipinski definition) is 1. The van der Waals surface area contributed by atoms with Gasteiger partial charge in [0.15, 0.2) is 11.6 Å². The summed E-state index contributed by atoms with van der Waals surface area (Å²) in [7, 11) is 0. The van der Waals surface area contributed by atoms with Crippen molar-refractivity contribution in [1.29, 1.82) is 0 Å². The fraction of sp³-hybridized carbons (Fsp3) is 0.143. The van der Waals surface area contributed by atoms with Gasteiger partial charge in [-0.15, -0.1) is 0 Å². The third kappa shape index (κ3) is 2.31. The van der Waals surface area contributed by atoms with Crippen molar-refractivity contribution < 1.29 is 13.9 Å². The van der Waals surface area contributed by atoms with Gasteiger partial charge >= 0.3 is 0 Å². The molecule has 2 rings (SSSR count). The Kier molecular flexibility index (Phi) is 3.78. The van der Waals surface area contributed by atoms with E-state index < -0.39 is 17.7 Å². The second kappa shape index (κ2) is 5.16. The minimum Gasteiger partial charge on any atom is -0.384 e. The Morgan fingerprint density at radius 2 is 1.72 bits per heavy atom. The molecule has 0 spiro atoms. The van der Waals surface area contributed by atoms with Gasteiger partial charge in [-0.25, -0.2) is 8.78 Å². The smallest absolute Gasteiger partial charge is 0.173 e. The Balaban J connectivity index is 2.50. The average Bonchev–Trinajstić information content (AvgIpc) is 2.36. The van der Waals surface area contributed by atoms with E-state index in [1.807, 2.05) is 19.1 Å². The molecule has 0 bridgehead atoms. The average molecular weight is 313 g/mol. The molecule has 0 heterocycles. The van der Waals surface area contributed by atoms with E-state index in [9.17, 15) is 13.9 Å². The van der Waals surface area contributed by atoms with Gasteiger partial charge in [0.2, 0.25) is 0 Å². The minimum absolute atomic E-state index is 0.0433. The second-order valence-electron chi connectivity index (χ2n) is 4.02. The summed E-state index contributed by atoms with van der Waals surface area (Å²) in [6.45, 7) is 1.85. The van der Waals surface area contributed by atoms with E-state index in [1.54, 1.807) is 12.1 Å². The van der Waals surface area contributed by atoms with Crippen molar-refractivity contribution in [3.05, 3.63) is 69.2 Å². The van der Waals surface area contributed by atoms with Gasteiger partial charge < -0.3 is 5.11 Å². The van der Waals surface area contributed by atoms with Crippen molar-refractivity contribution >= 4 is 15.9 Å². The Morgan fingerprint density at radius 3 is 2.39 bits per heavy atom. The van der Waals surface area contributed by atoms with E-state index in [1.165, 1.54) is 6.07 Å². The van der Waals surface area contributed by atoms with Crippen molar-refractivity contribution in [2.75, 3.05) is 0 Å². The fourth-order valence-corrected chi connectivity index (χ4v) is 2.35. The number of aliphatic hydroxyl groups excluding tert-OH is 1. The van der Waals surface area contributed by atoms with Crippen molar-refractivity contribution in [1.82, 2.24) is 0 Å². The van der Waals surface area contributed by atoms with Crippen LogP contribution in [-0.2, 0) is 0 Å². The third-order valence-corrected chi connectivity index (χ3v) is 3.65. The number of aliphatic hydroxyl groups is 1. The van der Waals surface area contributed by atoms with E-state index >= 15 is 0 Å².